The number of benzene rings is 1. The van der Waals surface area contributed by atoms with E-state index in [1.165, 1.54) is 24.3 Å². The summed E-state index contributed by atoms with van der Waals surface area (Å²) in [5, 5.41) is 2.82. The highest BCUT2D eigenvalue weighted by atomic mass is 79.9. The Labute approximate surface area is 112 Å². The van der Waals surface area contributed by atoms with Gasteiger partial charge in [0.25, 0.3) is 0 Å². The van der Waals surface area contributed by atoms with Crippen LogP contribution in [-0.4, -0.2) is 12.5 Å². The van der Waals surface area contributed by atoms with Gasteiger partial charge in [0.15, 0.2) is 0 Å². The number of hydrogen-bond acceptors (Lipinski definition) is 1. The molecular formula is C12H10BrClFNO. The summed E-state index contributed by atoms with van der Waals surface area (Å²) < 4.78 is 14.0. The highest BCUT2D eigenvalue weighted by Gasteiger charge is 2.03. The normalized spacial score (nSPS) is 10.5. The lowest BCUT2D eigenvalue weighted by molar-refractivity contribution is -0.116. The first-order chi connectivity index (χ1) is 8.00. The Kier molecular flexibility index (Phi) is 5.38. The third-order valence-corrected chi connectivity index (χ3v) is 2.47. The molecule has 1 aromatic carbocycles. The van der Waals surface area contributed by atoms with Crippen molar-refractivity contribution in [2.75, 3.05) is 6.54 Å². The molecule has 0 aliphatic heterocycles. The van der Waals surface area contributed by atoms with Gasteiger partial charge in [0, 0.05) is 22.7 Å². The van der Waals surface area contributed by atoms with Crippen molar-refractivity contribution in [3.63, 3.8) is 0 Å². The summed E-state index contributed by atoms with van der Waals surface area (Å²) in [4.78, 5) is 11.3. The van der Waals surface area contributed by atoms with E-state index < -0.39 is 5.82 Å². The molecule has 1 aromatic rings. The Morgan fingerprint density at radius 3 is 2.88 bits per heavy atom. The summed E-state index contributed by atoms with van der Waals surface area (Å²) in [6.07, 6.45) is 2.56. The van der Waals surface area contributed by atoms with Crippen LogP contribution in [0, 0.1) is 5.82 Å². The Morgan fingerprint density at radius 1 is 1.59 bits per heavy atom. The van der Waals surface area contributed by atoms with Crippen LogP contribution in [0.3, 0.4) is 0 Å². The van der Waals surface area contributed by atoms with E-state index >= 15 is 0 Å². The third kappa shape index (κ3) is 4.71. The van der Waals surface area contributed by atoms with Gasteiger partial charge < -0.3 is 5.32 Å². The fourth-order valence-electron chi connectivity index (χ4n) is 1.07. The molecule has 90 valence electrons. The van der Waals surface area contributed by atoms with E-state index in [0.29, 0.717) is 11.0 Å². The number of amides is 1. The molecule has 0 aromatic heterocycles. The molecule has 5 heteroatoms. The van der Waals surface area contributed by atoms with Crippen LogP contribution >= 0.6 is 27.5 Å². The van der Waals surface area contributed by atoms with Gasteiger partial charge in [-0.15, -0.1) is 0 Å². The number of halogens is 3. The van der Waals surface area contributed by atoms with Crippen LogP contribution < -0.4 is 5.32 Å². The van der Waals surface area contributed by atoms with Crippen LogP contribution in [-0.2, 0) is 4.79 Å². The standard InChI is InChI=1S/C12H10BrClFNO/c1-8(13)7-16-12(17)6-5-9-10(14)3-2-4-11(9)15/h2-6H,1,7H2,(H,16,17)/b6-5+. The molecule has 0 unspecified atom stereocenters. The quantitative estimate of drug-likeness (QED) is 0.846. The molecule has 0 saturated heterocycles. The molecule has 0 aliphatic carbocycles. The SMILES string of the molecule is C=C(Br)CNC(=O)/C=C/c1c(F)cccc1Cl. The van der Waals surface area contributed by atoms with Crippen molar-refractivity contribution >= 4 is 39.5 Å². The first-order valence-electron chi connectivity index (χ1n) is 4.74. The molecule has 0 radical (unpaired) electrons. The molecule has 0 spiro atoms. The van der Waals surface area contributed by atoms with E-state index in [2.05, 4.69) is 27.8 Å². The lowest BCUT2D eigenvalue weighted by Gasteiger charge is -2.01. The molecule has 2 nitrogen and oxygen atoms in total. The molecule has 0 heterocycles. The van der Waals surface area contributed by atoms with E-state index in [4.69, 9.17) is 11.6 Å². The van der Waals surface area contributed by atoms with Gasteiger partial charge in [0.2, 0.25) is 5.91 Å². The minimum Gasteiger partial charge on any atom is -0.348 e. The second-order valence-corrected chi connectivity index (χ2v) is 4.73. The molecule has 1 amide bonds. The van der Waals surface area contributed by atoms with E-state index in [1.807, 2.05) is 0 Å². The topological polar surface area (TPSA) is 29.1 Å². The van der Waals surface area contributed by atoms with Crippen LogP contribution in [0.1, 0.15) is 5.56 Å². The molecule has 1 N–H and O–H groups in total. The maximum Gasteiger partial charge on any atom is 0.244 e. The van der Waals surface area contributed by atoms with Crippen LogP contribution in [0.25, 0.3) is 6.08 Å². The minimum absolute atomic E-state index is 0.196. The van der Waals surface area contributed by atoms with Crippen molar-refractivity contribution in [1.29, 1.82) is 0 Å². The number of carbonyl (C=O) groups excluding carboxylic acids is 1. The summed E-state index contributed by atoms with van der Waals surface area (Å²) in [5.74, 6) is -0.809. The predicted molar refractivity (Wildman–Crippen MR) is 71.5 cm³/mol. The van der Waals surface area contributed by atoms with Gasteiger partial charge in [0.1, 0.15) is 5.82 Å². The number of hydrogen-bond donors (Lipinski definition) is 1. The Bertz CT molecular complexity index is 453. The summed E-state index contributed by atoms with van der Waals surface area (Å²) in [6, 6.07) is 4.34. The zero-order valence-electron chi connectivity index (χ0n) is 8.84. The maximum absolute atomic E-state index is 13.3. The first kappa shape index (κ1) is 13.9. The molecule has 1 rings (SSSR count). The Balaban J connectivity index is 2.70. The summed E-state index contributed by atoms with van der Waals surface area (Å²) >= 11 is 8.90. The van der Waals surface area contributed by atoms with Gasteiger partial charge in [-0.1, -0.05) is 40.2 Å². The van der Waals surface area contributed by atoms with Crippen LogP contribution in [0.5, 0.6) is 0 Å². The summed E-state index contributed by atoms with van der Waals surface area (Å²) in [7, 11) is 0. The van der Waals surface area contributed by atoms with Crippen molar-refractivity contribution in [3.8, 4) is 0 Å². The largest absolute Gasteiger partial charge is 0.348 e. The molecule has 0 atom stereocenters. The Morgan fingerprint density at radius 2 is 2.29 bits per heavy atom. The van der Waals surface area contributed by atoms with Crippen LogP contribution in [0.4, 0.5) is 4.39 Å². The molecule has 0 saturated carbocycles. The van der Waals surface area contributed by atoms with Crippen LogP contribution in [0.2, 0.25) is 5.02 Å². The van der Waals surface area contributed by atoms with Gasteiger partial charge in [-0.3, -0.25) is 4.79 Å². The minimum atomic E-state index is -0.466. The third-order valence-electron chi connectivity index (χ3n) is 1.86. The van der Waals surface area contributed by atoms with Crippen LogP contribution in [0.15, 0.2) is 35.3 Å². The summed E-state index contributed by atoms with van der Waals surface area (Å²) in [6.45, 7) is 3.88. The second kappa shape index (κ2) is 6.57. The highest BCUT2D eigenvalue weighted by molar-refractivity contribution is 9.11. The molecule has 0 aliphatic rings. The van der Waals surface area contributed by atoms with E-state index in [9.17, 15) is 9.18 Å². The first-order valence-corrected chi connectivity index (χ1v) is 5.91. The lowest BCUT2D eigenvalue weighted by Crippen LogP contribution is -2.21. The average Bonchev–Trinajstić information content (AvgIpc) is 2.25. The molecule has 0 bridgehead atoms. The number of nitrogens with one attached hydrogen (secondary N) is 1. The van der Waals surface area contributed by atoms with E-state index in [1.54, 1.807) is 6.07 Å². The van der Waals surface area contributed by atoms with Crippen molar-refractivity contribution in [1.82, 2.24) is 5.32 Å². The van der Waals surface area contributed by atoms with Crippen molar-refractivity contribution in [3.05, 3.63) is 51.7 Å². The lowest BCUT2D eigenvalue weighted by atomic mass is 10.2. The van der Waals surface area contributed by atoms with Gasteiger partial charge in [-0.2, -0.15) is 0 Å². The molecule has 17 heavy (non-hydrogen) atoms. The fraction of sp³-hybridized carbons (Fsp3) is 0.0833. The maximum atomic E-state index is 13.3. The number of rotatable bonds is 4. The number of carbonyl (C=O) groups is 1. The van der Waals surface area contributed by atoms with Crippen molar-refractivity contribution in [2.45, 2.75) is 0 Å². The fourth-order valence-corrected chi connectivity index (χ4v) is 1.44. The Hall–Kier alpha value is -1.13. The predicted octanol–water partition coefficient (Wildman–Crippen LogP) is 3.52. The zero-order chi connectivity index (χ0) is 12.8. The smallest absolute Gasteiger partial charge is 0.244 e. The van der Waals surface area contributed by atoms with Gasteiger partial charge in [-0.05, 0) is 18.2 Å². The average molecular weight is 319 g/mol. The zero-order valence-corrected chi connectivity index (χ0v) is 11.2. The summed E-state index contributed by atoms with van der Waals surface area (Å²) in [5.41, 5.74) is 0.196. The molecule has 0 fully saturated rings. The van der Waals surface area contributed by atoms with Crippen molar-refractivity contribution in [2.24, 2.45) is 0 Å². The highest BCUT2D eigenvalue weighted by Crippen LogP contribution is 2.20. The molecular weight excluding hydrogens is 308 g/mol. The van der Waals surface area contributed by atoms with Gasteiger partial charge in [-0.25, -0.2) is 4.39 Å². The van der Waals surface area contributed by atoms with Gasteiger partial charge >= 0.3 is 0 Å². The second-order valence-electron chi connectivity index (χ2n) is 3.20. The van der Waals surface area contributed by atoms with Crippen molar-refractivity contribution < 1.29 is 9.18 Å². The van der Waals surface area contributed by atoms with E-state index in [-0.39, 0.29) is 16.5 Å². The van der Waals surface area contributed by atoms with Gasteiger partial charge in [0.05, 0.1) is 5.02 Å². The van der Waals surface area contributed by atoms with E-state index in [0.717, 1.165) is 0 Å². The monoisotopic (exact) mass is 317 g/mol.